The number of hydrogen-bond donors (Lipinski definition) is 1. The highest BCUT2D eigenvalue weighted by atomic mass is 16.5. The summed E-state index contributed by atoms with van der Waals surface area (Å²) in [6, 6.07) is 18.1. The molecule has 1 amide bonds. The fraction of sp³-hybridized carbons (Fsp3) is 0.435. The van der Waals surface area contributed by atoms with E-state index in [1.165, 1.54) is 5.56 Å². The van der Waals surface area contributed by atoms with Crippen LogP contribution in [-0.4, -0.2) is 43.7 Å². The first-order valence-corrected chi connectivity index (χ1v) is 9.70. The molecule has 1 aliphatic rings. The molecule has 1 N–H and O–H groups in total. The van der Waals surface area contributed by atoms with Gasteiger partial charge >= 0.3 is 0 Å². The minimum Gasteiger partial charge on any atom is -0.379 e. The average molecular weight is 367 g/mol. The molecule has 0 aliphatic carbocycles. The summed E-state index contributed by atoms with van der Waals surface area (Å²) in [4.78, 5) is 15.2. The number of carbonyl (C=O) groups excluding carboxylic acids is 1. The zero-order chi connectivity index (χ0) is 19.3. The summed E-state index contributed by atoms with van der Waals surface area (Å²) in [5.41, 5.74) is 3.14. The number of nitrogens with zero attached hydrogens (tertiary/aromatic N) is 1. The van der Waals surface area contributed by atoms with Gasteiger partial charge in [0.05, 0.1) is 19.3 Å². The Morgan fingerprint density at radius 3 is 2.26 bits per heavy atom. The zero-order valence-corrected chi connectivity index (χ0v) is 16.6. The molecule has 1 fully saturated rings. The number of amides is 1. The molecule has 0 bridgehead atoms. The number of benzene rings is 2. The summed E-state index contributed by atoms with van der Waals surface area (Å²) < 4.78 is 5.45. The monoisotopic (exact) mass is 366 g/mol. The second-order valence-electron chi connectivity index (χ2n) is 8.18. The van der Waals surface area contributed by atoms with Crippen LogP contribution in [-0.2, 0) is 10.2 Å². The Balaban J connectivity index is 1.73. The predicted octanol–water partition coefficient (Wildman–Crippen LogP) is 3.79. The van der Waals surface area contributed by atoms with Gasteiger partial charge < -0.3 is 10.1 Å². The van der Waals surface area contributed by atoms with Gasteiger partial charge in [-0.25, -0.2) is 0 Å². The van der Waals surface area contributed by atoms with Gasteiger partial charge in [0.25, 0.3) is 5.91 Å². The van der Waals surface area contributed by atoms with Gasteiger partial charge in [0.1, 0.15) is 0 Å². The zero-order valence-electron chi connectivity index (χ0n) is 16.6. The van der Waals surface area contributed by atoms with Crippen LogP contribution in [0.2, 0.25) is 0 Å². The Hall–Kier alpha value is -2.17. The van der Waals surface area contributed by atoms with Crippen LogP contribution in [0.3, 0.4) is 0 Å². The third-order valence-corrected chi connectivity index (χ3v) is 5.06. The van der Waals surface area contributed by atoms with Gasteiger partial charge in [-0.1, -0.05) is 63.2 Å². The van der Waals surface area contributed by atoms with Gasteiger partial charge in [-0.15, -0.1) is 0 Å². The van der Waals surface area contributed by atoms with Crippen molar-refractivity contribution in [1.82, 2.24) is 10.2 Å². The van der Waals surface area contributed by atoms with Gasteiger partial charge in [-0.2, -0.15) is 0 Å². The van der Waals surface area contributed by atoms with Crippen LogP contribution in [0.15, 0.2) is 54.6 Å². The van der Waals surface area contributed by atoms with E-state index in [1.807, 2.05) is 30.3 Å². The van der Waals surface area contributed by atoms with Gasteiger partial charge in [-0.3, -0.25) is 9.69 Å². The summed E-state index contributed by atoms with van der Waals surface area (Å²) in [5.74, 6) is -0.0300. The SMILES string of the molecule is CC(C)(C)c1ccc(C(=O)NC(CN2CCOCC2)c2ccccc2)cc1. The number of nitrogens with one attached hydrogen (secondary N) is 1. The Labute approximate surface area is 162 Å². The molecule has 0 radical (unpaired) electrons. The summed E-state index contributed by atoms with van der Waals surface area (Å²) in [6.45, 7) is 10.6. The van der Waals surface area contributed by atoms with Gasteiger partial charge in [0.2, 0.25) is 0 Å². The summed E-state index contributed by atoms with van der Waals surface area (Å²) in [5, 5.41) is 3.23. The lowest BCUT2D eigenvalue weighted by Crippen LogP contribution is -2.43. The predicted molar refractivity (Wildman–Crippen MR) is 109 cm³/mol. The van der Waals surface area contributed by atoms with Crippen LogP contribution >= 0.6 is 0 Å². The van der Waals surface area contributed by atoms with Crippen molar-refractivity contribution in [3.63, 3.8) is 0 Å². The third kappa shape index (κ3) is 5.41. The first-order chi connectivity index (χ1) is 12.9. The lowest BCUT2D eigenvalue weighted by molar-refractivity contribution is 0.0332. The fourth-order valence-corrected chi connectivity index (χ4v) is 3.32. The largest absolute Gasteiger partial charge is 0.379 e. The molecule has 144 valence electrons. The fourth-order valence-electron chi connectivity index (χ4n) is 3.32. The molecule has 4 heteroatoms. The van der Waals surface area contributed by atoms with Crippen molar-refractivity contribution in [2.75, 3.05) is 32.8 Å². The van der Waals surface area contributed by atoms with Crippen LogP contribution in [0.1, 0.15) is 48.3 Å². The van der Waals surface area contributed by atoms with E-state index >= 15 is 0 Å². The molecule has 1 saturated heterocycles. The Morgan fingerprint density at radius 1 is 1.04 bits per heavy atom. The molecule has 27 heavy (non-hydrogen) atoms. The van der Waals surface area contributed by atoms with Crippen LogP contribution in [0.5, 0.6) is 0 Å². The quantitative estimate of drug-likeness (QED) is 0.875. The summed E-state index contributed by atoms with van der Waals surface area (Å²) in [6.07, 6.45) is 0. The van der Waals surface area contributed by atoms with Crippen molar-refractivity contribution in [1.29, 1.82) is 0 Å². The number of rotatable bonds is 5. The summed E-state index contributed by atoms with van der Waals surface area (Å²) in [7, 11) is 0. The molecule has 3 rings (SSSR count). The standard InChI is InChI=1S/C23H30N2O2/c1-23(2,3)20-11-9-19(10-12-20)22(26)24-21(18-7-5-4-6-8-18)17-25-13-15-27-16-14-25/h4-12,21H,13-17H2,1-3H3,(H,24,26). The molecule has 4 nitrogen and oxygen atoms in total. The molecule has 0 saturated carbocycles. The van der Waals surface area contributed by atoms with E-state index in [2.05, 4.69) is 55.3 Å². The first kappa shape index (κ1) is 19.6. The Bertz CT molecular complexity index is 729. The Kier molecular flexibility index (Phi) is 6.30. The van der Waals surface area contributed by atoms with Crippen molar-refractivity contribution in [2.45, 2.75) is 32.2 Å². The molecular weight excluding hydrogens is 336 g/mol. The molecule has 0 spiro atoms. The highest BCUT2D eigenvalue weighted by Crippen LogP contribution is 2.22. The van der Waals surface area contributed by atoms with Crippen molar-refractivity contribution >= 4 is 5.91 Å². The van der Waals surface area contributed by atoms with E-state index in [0.29, 0.717) is 5.56 Å². The van der Waals surface area contributed by atoms with Gasteiger partial charge in [0, 0.05) is 25.2 Å². The number of morpholine rings is 1. The molecular formula is C23H30N2O2. The van der Waals surface area contributed by atoms with Crippen LogP contribution in [0.25, 0.3) is 0 Å². The molecule has 1 unspecified atom stereocenters. The Morgan fingerprint density at radius 2 is 1.67 bits per heavy atom. The van der Waals surface area contributed by atoms with Crippen molar-refractivity contribution in [2.24, 2.45) is 0 Å². The number of ether oxygens (including phenoxy) is 1. The number of hydrogen-bond acceptors (Lipinski definition) is 3. The van der Waals surface area contributed by atoms with Gasteiger partial charge in [0.15, 0.2) is 0 Å². The van der Waals surface area contributed by atoms with Crippen molar-refractivity contribution < 1.29 is 9.53 Å². The molecule has 2 aromatic rings. The van der Waals surface area contributed by atoms with Crippen LogP contribution in [0, 0.1) is 0 Å². The first-order valence-electron chi connectivity index (χ1n) is 9.70. The minimum atomic E-state index is -0.0425. The van der Waals surface area contributed by atoms with Crippen molar-refractivity contribution in [3.05, 3.63) is 71.3 Å². The molecule has 1 aliphatic heterocycles. The lowest BCUT2D eigenvalue weighted by atomic mass is 9.86. The summed E-state index contributed by atoms with van der Waals surface area (Å²) >= 11 is 0. The highest BCUT2D eigenvalue weighted by molar-refractivity contribution is 5.94. The van der Waals surface area contributed by atoms with Crippen molar-refractivity contribution in [3.8, 4) is 0 Å². The van der Waals surface area contributed by atoms with Crippen LogP contribution in [0.4, 0.5) is 0 Å². The second kappa shape index (κ2) is 8.68. The molecule has 2 aromatic carbocycles. The molecule has 0 aromatic heterocycles. The third-order valence-electron chi connectivity index (χ3n) is 5.06. The van der Waals surface area contributed by atoms with E-state index in [0.717, 1.165) is 38.4 Å². The van der Waals surface area contributed by atoms with E-state index in [1.54, 1.807) is 0 Å². The second-order valence-corrected chi connectivity index (χ2v) is 8.18. The lowest BCUT2D eigenvalue weighted by Gasteiger charge is -2.31. The van der Waals surface area contributed by atoms with E-state index in [-0.39, 0.29) is 17.4 Å². The average Bonchev–Trinajstić information content (AvgIpc) is 2.68. The maximum atomic E-state index is 12.9. The highest BCUT2D eigenvalue weighted by Gasteiger charge is 2.21. The molecule has 1 heterocycles. The smallest absolute Gasteiger partial charge is 0.251 e. The molecule has 1 atom stereocenters. The van der Waals surface area contributed by atoms with Crippen LogP contribution < -0.4 is 5.32 Å². The maximum absolute atomic E-state index is 12.9. The number of carbonyl (C=O) groups is 1. The topological polar surface area (TPSA) is 41.6 Å². The van der Waals surface area contributed by atoms with Gasteiger partial charge in [-0.05, 0) is 28.7 Å². The maximum Gasteiger partial charge on any atom is 0.251 e. The van der Waals surface area contributed by atoms with E-state index in [4.69, 9.17) is 4.74 Å². The minimum absolute atomic E-state index is 0.0300. The van der Waals surface area contributed by atoms with E-state index < -0.39 is 0 Å². The van der Waals surface area contributed by atoms with E-state index in [9.17, 15) is 4.79 Å². The normalized spacial score (nSPS) is 16.7.